The number of nitrogens with two attached hydrogens (primary N) is 1. The van der Waals surface area contributed by atoms with Crippen LogP contribution in [0.2, 0.25) is 0 Å². The van der Waals surface area contributed by atoms with E-state index in [1.165, 1.54) is 17.7 Å². The number of aryl methyl sites for hydroxylation is 1. The smallest absolute Gasteiger partial charge is 0.0756 e. The summed E-state index contributed by atoms with van der Waals surface area (Å²) in [6, 6.07) is 0.425. The summed E-state index contributed by atoms with van der Waals surface area (Å²) in [4.78, 5) is 0. The Morgan fingerprint density at radius 2 is 2.29 bits per heavy atom. The van der Waals surface area contributed by atoms with E-state index >= 15 is 0 Å². The highest BCUT2D eigenvalue weighted by Gasteiger charge is 2.20. The molecule has 0 saturated carbocycles. The zero-order valence-electron chi connectivity index (χ0n) is 10.9. The van der Waals surface area contributed by atoms with Crippen molar-refractivity contribution in [3.05, 3.63) is 17.0 Å². The summed E-state index contributed by atoms with van der Waals surface area (Å²) in [5, 5.41) is 4.68. The second kappa shape index (κ2) is 5.65. The Morgan fingerprint density at radius 3 is 2.94 bits per heavy atom. The first-order valence-electron chi connectivity index (χ1n) is 6.56. The summed E-state index contributed by atoms with van der Waals surface area (Å²) in [6.45, 7) is 6.71. The molecule has 0 aliphatic carbocycles. The third-order valence-electron chi connectivity index (χ3n) is 3.59. The van der Waals surface area contributed by atoms with E-state index in [1.807, 2.05) is 0 Å². The van der Waals surface area contributed by atoms with Gasteiger partial charge in [-0.1, -0.05) is 0 Å². The summed E-state index contributed by atoms with van der Waals surface area (Å²) in [7, 11) is 0. The Hall–Kier alpha value is -0.870. The maximum absolute atomic E-state index is 5.58. The molecule has 4 heteroatoms. The summed E-state index contributed by atoms with van der Waals surface area (Å²) in [6.07, 6.45) is 4.40. The second-order valence-electron chi connectivity index (χ2n) is 4.86. The van der Waals surface area contributed by atoms with Gasteiger partial charge in [-0.3, -0.25) is 4.68 Å². The van der Waals surface area contributed by atoms with E-state index in [4.69, 9.17) is 10.5 Å². The van der Waals surface area contributed by atoms with Gasteiger partial charge in [-0.25, -0.2) is 0 Å². The lowest BCUT2D eigenvalue weighted by molar-refractivity contribution is 0.0541. The van der Waals surface area contributed by atoms with Crippen LogP contribution in [0.25, 0.3) is 0 Å². The van der Waals surface area contributed by atoms with Crippen LogP contribution in [-0.2, 0) is 11.2 Å². The predicted molar refractivity (Wildman–Crippen MR) is 68.2 cm³/mol. The maximum Gasteiger partial charge on any atom is 0.0756 e. The van der Waals surface area contributed by atoms with Crippen molar-refractivity contribution in [2.75, 3.05) is 19.8 Å². The van der Waals surface area contributed by atoms with Crippen molar-refractivity contribution in [3.63, 3.8) is 0 Å². The molecular weight excluding hydrogens is 214 g/mol. The quantitative estimate of drug-likeness (QED) is 0.868. The molecule has 0 bridgehead atoms. The van der Waals surface area contributed by atoms with E-state index < -0.39 is 0 Å². The molecular formula is C13H23N3O. The van der Waals surface area contributed by atoms with Gasteiger partial charge in [0, 0.05) is 12.3 Å². The van der Waals surface area contributed by atoms with Gasteiger partial charge in [-0.05, 0) is 51.6 Å². The van der Waals surface area contributed by atoms with E-state index in [2.05, 4.69) is 23.6 Å². The maximum atomic E-state index is 5.58. The summed E-state index contributed by atoms with van der Waals surface area (Å²) >= 11 is 0. The number of rotatable bonds is 4. The highest BCUT2D eigenvalue weighted by molar-refractivity contribution is 5.25. The van der Waals surface area contributed by atoms with Crippen molar-refractivity contribution in [1.29, 1.82) is 0 Å². The Balaban J connectivity index is 2.17. The Bertz CT molecular complexity index is 367. The van der Waals surface area contributed by atoms with Gasteiger partial charge in [0.2, 0.25) is 0 Å². The van der Waals surface area contributed by atoms with Crippen LogP contribution >= 0.6 is 0 Å². The first kappa shape index (κ1) is 12.6. The van der Waals surface area contributed by atoms with Gasteiger partial charge in [-0.15, -0.1) is 0 Å². The van der Waals surface area contributed by atoms with Gasteiger partial charge in [0.05, 0.1) is 18.3 Å². The SMILES string of the molecule is Cc1nn(C2CCCOC2)c(C)c1CCCN. The molecule has 96 valence electrons. The number of aromatic nitrogens is 2. The Labute approximate surface area is 103 Å². The number of hydrogen-bond donors (Lipinski definition) is 1. The Kier molecular flexibility index (Phi) is 4.18. The standard InChI is InChI=1S/C13H23N3O/c1-10-13(6-3-7-14)11(2)16(15-10)12-5-4-8-17-9-12/h12H,3-9,14H2,1-2H3. The third kappa shape index (κ3) is 2.69. The minimum atomic E-state index is 0.425. The van der Waals surface area contributed by atoms with Crippen LogP contribution in [0.5, 0.6) is 0 Å². The van der Waals surface area contributed by atoms with Crippen molar-refractivity contribution >= 4 is 0 Å². The van der Waals surface area contributed by atoms with E-state index in [-0.39, 0.29) is 0 Å². The van der Waals surface area contributed by atoms with Crippen LogP contribution in [0.1, 0.15) is 42.3 Å². The van der Waals surface area contributed by atoms with E-state index in [9.17, 15) is 0 Å². The highest BCUT2D eigenvalue weighted by Crippen LogP contribution is 2.24. The predicted octanol–water partition coefficient (Wildman–Crippen LogP) is 1.74. The molecule has 1 aromatic heterocycles. The molecule has 2 N–H and O–H groups in total. The molecule has 17 heavy (non-hydrogen) atoms. The fraction of sp³-hybridized carbons (Fsp3) is 0.769. The van der Waals surface area contributed by atoms with Crippen molar-refractivity contribution in [2.45, 2.75) is 45.6 Å². The fourth-order valence-electron chi connectivity index (χ4n) is 2.61. The monoisotopic (exact) mass is 237 g/mol. The van der Waals surface area contributed by atoms with E-state index in [0.717, 1.165) is 44.7 Å². The van der Waals surface area contributed by atoms with Crippen LogP contribution in [0.15, 0.2) is 0 Å². The van der Waals surface area contributed by atoms with Crippen molar-refractivity contribution < 1.29 is 4.74 Å². The number of ether oxygens (including phenoxy) is 1. The molecule has 0 amide bonds. The zero-order valence-corrected chi connectivity index (χ0v) is 10.9. The first-order valence-corrected chi connectivity index (χ1v) is 6.56. The second-order valence-corrected chi connectivity index (χ2v) is 4.86. The van der Waals surface area contributed by atoms with Gasteiger partial charge >= 0.3 is 0 Å². The molecule has 1 aliphatic rings. The molecule has 0 aromatic carbocycles. The zero-order chi connectivity index (χ0) is 12.3. The molecule has 2 rings (SSSR count). The van der Waals surface area contributed by atoms with E-state index in [1.54, 1.807) is 0 Å². The third-order valence-corrected chi connectivity index (χ3v) is 3.59. The fourth-order valence-corrected chi connectivity index (χ4v) is 2.61. The first-order chi connectivity index (χ1) is 8.24. The number of hydrogen-bond acceptors (Lipinski definition) is 3. The molecule has 1 saturated heterocycles. The largest absolute Gasteiger partial charge is 0.379 e. The lowest BCUT2D eigenvalue weighted by Crippen LogP contribution is -2.23. The topological polar surface area (TPSA) is 53.1 Å². The van der Waals surface area contributed by atoms with Crippen LogP contribution in [0.3, 0.4) is 0 Å². The van der Waals surface area contributed by atoms with Gasteiger partial charge in [0.25, 0.3) is 0 Å². The minimum absolute atomic E-state index is 0.425. The molecule has 1 aliphatic heterocycles. The lowest BCUT2D eigenvalue weighted by Gasteiger charge is -2.23. The molecule has 1 unspecified atom stereocenters. The lowest BCUT2D eigenvalue weighted by atomic mass is 10.1. The average molecular weight is 237 g/mol. The molecule has 2 heterocycles. The average Bonchev–Trinajstić information content (AvgIpc) is 2.64. The Morgan fingerprint density at radius 1 is 1.47 bits per heavy atom. The van der Waals surface area contributed by atoms with Gasteiger partial charge in [0.15, 0.2) is 0 Å². The molecule has 4 nitrogen and oxygen atoms in total. The van der Waals surface area contributed by atoms with Crippen molar-refractivity contribution in [3.8, 4) is 0 Å². The van der Waals surface area contributed by atoms with Crippen LogP contribution in [0.4, 0.5) is 0 Å². The highest BCUT2D eigenvalue weighted by atomic mass is 16.5. The minimum Gasteiger partial charge on any atom is -0.379 e. The molecule has 0 radical (unpaired) electrons. The summed E-state index contributed by atoms with van der Waals surface area (Å²) < 4.78 is 7.71. The number of nitrogens with zero attached hydrogens (tertiary/aromatic N) is 2. The van der Waals surface area contributed by atoms with Gasteiger partial charge in [0.1, 0.15) is 0 Å². The van der Waals surface area contributed by atoms with Crippen LogP contribution < -0.4 is 5.73 Å². The normalized spacial score (nSPS) is 20.8. The van der Waals surface area contributed by atoms with Crippen molar-refractivity contribution in [1.82, 2.24) is 9.78 Å². The van der Waals surface area contributed by atoms with E-state index in [0.29, 0.717) is 6.04 Å². The molecule has 1 aromatic rings. The molecule has 0 spiro atoms. The summed E-state index contributed by atoms with van der Waals surface area (Å²) in [5.41, 5.74) is 9.41. The van der Waals surface area contributed by atoms with Gasteiger partial charge in [-0.2, -0.15) is 5.10 Å². The van der Waals surface area contributed by atoms with Gasteiger partial charge < -0.3 is 10.5 Å². The summed E-state index contributed by atoms with van der Waals surface area (Å²) in [5.74, 6) is 0. The van der Waals surface area contributed by atoms with Crippen LogP contribution in [-0.4, -0.2) is 29.5 Å². The molecule has 1 fully saturated rings. The van der Waals surface area contributed by atoms with Crippen LogP contribution in [0, 0.1) is 13.8 Å². The molecule has 1 atom stereocenters. The van der Waals surface area contributed by atoms with Crippen molar-refractivity contribution in [2.24, 2.45) is 5.73 Å².